The second-order valence-corrected chi connectivity index (χ2v) is 4.93. The third kappa shape index (κ3) is 2.36. The molecule has 0 saturated carbocycles. The van der Waals surface area contributed by atoms with E-state index in [-0.39, 0.29) is 0 Å². The predicted molar refractivity (Wildman–Crippen MR) is 73.4 cm³/mol. The largest absolute Gasteiger partial charge is 0.378 e. The molecular formula is C14H18N4O. The molecule has 5 nitrogen and oxygen atoms in total. The molecule has 0 N–H and O–H groups in total. The molecule has 0 bridgehead atoms. The topological polar surface area (TPSA) is 52.4 Å². The number of hydrogen-bond acceptors (Lipinski definition) is 5. The Morgan fingerprint density at radius 2 is 1.84 bits per heavy atom. The van der Waals surface area contributed by atoms with Gasteiger partial charge in [-0.25, -0.2) is 4.98 Å². The van der Waals surface area contributed by atoms with Gasteiger partial charge in [0.15, 0.2) is 0 Å². The fourth-order valence-corrected chi connectivity index (χ4v) is 2.78. The average molecular weight is 258 g/mol. The van der Waals surface area contributed by atoms with E-state index < -0.39 is 0 Å². The van der Waals surface area contributed by atoms with E-state index in [0.717, 1.165) is 50.9 Å². The molecule has 3 rings (SSSR count). The number of anilines is 2. The minimum atomic E-state index is 0.714. The molecule has 1 aromatic heterocycles. The van der Waals surface area contributed by atoms with E-state index in [9.17, 15) is 5.26 Å². The SMILES string of the molecule is N#Cc1c(N2CCOCC2)ccnc1N1CCCC1. The van der Waals surface area contributed by atoms with E-state index >= 15 is 0 Å². The summed E-state index contributed by atoms with van der Waals surface area (Å²) in [7, 11) is 0. The molecule has 2 aliphatic heterocycles. The molecule has 5 heteroatoms. The molecule has 1 aromatic rings. The first-order valence-electron chi connectivity index (χ1n) is 6.87. The smallest absolute Gasteiger partial charge is 0.148 e. The fraction of sp³-hybridized carbons (Fsp3) is 0.571. The lowest BCUT2D eigenvalue weighted by molar-refractivity contribution is 0.122. The first kappa shape index (κ1) is 12.2. The molecular weight excluding hydrogens is 240 g/mol. The second-order valence-electron chi connectivity index (χ2n) is 4.93. The van der Waals surface area contributed by atoms with Gasteiger partial charge in [0.25, 0.3) is 0 Å². The van der Waals surface area contributed by atoms with Crippen molar-refractivity contribution in [3.05, 3.63) is 17.8 Å². The molecule has 0 aromatic carbocycles. The summed E-state index contributed by atoms with van der Waals surface area (Å²) in [5.74, 6) is 0.851. The molecule has 19 heavy (non-hydrogen) atoms. The van der Waals surface area contributed by atoms with Gasteiger partial charge in [-0.1, -0.05) is 0 Å². The first-order valence-corrected chi connectivity index (χ1v) is 6.87. The second kappa shape index (κ2) is 5.45. The third-order valence-corrected chi connectivity index (χ3v) is 3.78. The summed E-state index contributed by atoms with van der Waals surface area (Å²) in [6, 6.07) is 4.30. The summed E-state index contributed by atoms with van der Waals surface area (Å²) in [5, 5.41) is 9.52. The maximum absolute atomic E-state index is 9.52. The van der Waals surface area contributed by atoms with Gasteiger partial charge < -0.3 is 14.5 Å². The number of nitrogens with zero attached hydrogens (tertiary/aromatic N) is 4. The molecule has 2 aliphatic rings. The number of nitriles is 1. The molecule has 0 aliphatic carbocycles. The summed E-state index contributed by atoms with van der Waals surface area (Å²) in [6.45, 7) is 5.16. The van der Waals surface area contributed by atoms with Crippen LogP contribution in [0.15, 0.2) is 12.3 Å². The van der Waals surface area contributed by atoms with Crippen LogP contribution < -0.4 is 9.80 Å². The summed E-state index contributed by atoms with van der Waals surface area (Å²) >= 11 is 0. The number of aromatic nitrogens is 1. The van der Waals surface area contributed by atoms with Crippen molar-refractivity contribution < 1.29 is 4.74 Å². The third-order valence-electron chi connectivity index (χ3n) is 3.78. The monoisotopic (exact) mass is 258 g/mol. The molecule has 0 spiro atoms. The molecule has 0 amide bonds. The summed E-state index contributed by atoms with van der Waals surface area (Å²) in [5.41, 5.74) is 1.72. The van der Waals surface area contributed by atoms with Crippen LogP contribution in [0, 0.1) is 11.3 Å². The fourth-order valence-electron chi connectivity index (χ4n) is 2.78. The van der Waals surface area contributed by atoms with Crippen LogP contribution in [-0.2, 0) is 4.74 Å². The summed E-state index contributed by atoms with van der Waals surface area (Å²) < 4.78 is 5.37. The van der Waals surface area contributed by atoms with Crippen LogP contribution in [0.25, 0.3) is 0 Å². The molecule has 2 saturated heterocycles. The van der Waals surface area contributed by atoms with Gasteiger partial charge in [0.2, 0.25) is 0 Å². The first-order chi connectivity index (χ1) is 9.40. The maximum Gasteiger partial charge on any atom is 0.148 e. The maximum atomic E-state index is 9.52. The van der Waals surface area contributed by atoms with Crippen molar-refractivity contribution in [2.24, 2.45) is 0 Å². The molecule has 100 valence electrons. The van der Waals surface area contributed by atoms with Crippen molar-refractivity contribution in [2.45, 2.75) is 12.8 Å². The molecule has 0 atom stereocenters. The Labute approximate surface area is 113 Å². The molecule has 0 radical (unpaired) electrons. The van der Waals surface area contributed by atoms with Crippen LogP contribution in [0.4, 0.5) is 11.5 Å². The number of ether oxygens (including phenoxy) is 1. The van der Waals surface area contributed by atoms with Crippen molar-refractivity contribution >= 4 is 11.5 Å². The molecule has 3 heterocycles. The lowest BCUT2D eigenvalue weighted by Crippen LogP contribution is -2.37. The summed E-state index contributed by atoms with van der Waals surface area (Å²) in [6.07, 6.45) is 4.20. The van der Waals surface area contributed by atoms with Crippen molar-refractivity contribution in [1.29, 1.82) is 5.26 Å². The normalized spacial score (nSPS) is 19.5. The Morgan fingerprint density at radius 3 is 2.53 bits per heavy atom. The minimum Gasteiger partial charge on any atom is -0.378 e. The zero-order chi connectivity index (χ0) is 13.1. The number of hydrogen-bond donors (Lipinski definition) is 0. The Bertz CT molecular complexity index is 485. The van der Waals surface area contributed by atoms with E-state index in [1.54, 1.807) is 0 Å². The average Bonchev–Trinajstić information content (AvgIpc) is 3.01. The molecule has 0 unspecified atom stereocenters. The zero-order valence-electron chi connectivity index (χ0n) is 11.0. The Hall–Kier alpha value is -1.80. The van der Waals surface area contributed by atoms with Crippen molar-refractivity contribution in [2.75, 3.05) is 49.2 Å². The van der Waals surface area contributed by atoms with Gasteiger partial charge in [0.05, 0.1) is 18.9 Å². The van der Waals surface area contributed by atoms with Gasteiger partial charge in [-0.3, -0.25) is 0 Å². The number of pyridine rings is 1. The van der Waals surface area contributed by atoms with E-state index in [0.29, 0.717) is 5.56 Å². The van der Waals surface area contributed by atoms with Gasteiger partial charge in [-0.15, -0.1) is 0 Å². The Morgan fingerprint density at radius 1 is 1.11 bits per heavy atom. The van der Waals surface area contributed by atoms with E-state index in [2.05, 4.69) is 20.9 Å². The van der Waals surface area contributed by atoms with Gasteiger partial charge >= 0.3 is 0 Å². The van der Waals surface area contributed by atoms with Crippen molar-refractivity contribution in [3.63, 3.8) is 0 Å². The Balaban J connectivity index is 1.95. The van der Waals surface area contributed by atoms with E-state index in [4.69, 9.17) is 4.74 Å². The quantitative estimate of drug-likeness (QED) is 0.802. The highest BCUT2D eigenvalue weighted by atomic mass is 16.5. The van der Waals surface area contributed by atoms with Crippen molar-refractivity contribution in [1.82, 2.24) is 4.98 Å². The minimum absolute atomic E-state index is 0.714. The molecule has 2 fully saturated rings. The van der Waals surface area contributed by atoms with Crippen molar-refractivity contribution in [3.8, 4) is 6.07 Å². The number of rotatable bonds is 2. The van der Waals surface area contributed by atoms with Gasteiger partial charge in [0, 0.05) is 32.4 Å². The highest BCUT2D eigenvalue weighted by molar-refractivity contribution is 5.70. The summed E-state index contributed by atoms with van der Waals surface area (Å²) in [4.78, 5) is 8.88. The van der Waals surface area contributed by atoms with Gasteiger partial charge in [-0.2, -0.15) is 5.26 Å². The highest BCUT2D eigenvalue weighted by Gasteiger charge is 2.22. The zero-order valence-corrected chi connectivity index (χ0v) is 11.0. The van der Waals surface area contributed by atoms with Gasteiger partial charge in [0.1, 0.15) is 17.5 Å². The lowest BCUT2D eigenvalue weighted by atomic mass is 10.2. The van der Waals surface area contributed by atoms with Gasteiger partial charge in [-0.05, 0) is 18.9 Å². The van der Waals surface area contributed by atoms with E-state index in [1.807, 2.05) is 12.3 Å². The van der Waals surface area contributed by atoms with Crippen LogP contribution in [0.3, 0.4) is 0 Å². The number of morpholine rings is 1. The highest BCUT2D eigenvalue weighted by Crippen LogP contribution is 2.29. The standard InChI is InChI=1S/C14H18N4O/c15-11-12-13(17-7-9-19-10-8-17)3-4-16-14(12)18-5-1-2-6-18/h3-4H,1-2,5-10H2. The predicted octanol–water partition coefficient (Wildman–Crippen LogP) is 1.39. The van der Waals surface area contributed by atoms with Crippen LogP contribution in [0.1, 0.15) is 18.4 Å². The lowest BCUT2D eigenvalue weighted by Gasteiger charge is -2.30. The van der Waals surface area contributed by atoms with Crippen LogP contribution in [-0.4, -0.2) is 44.4 Å². The van der Waals surface area contributed by atoms with Crippen LogP contribution >= 0.6 is 0 Å². The van der Waals surface area contributed by atoms with Crippen LogP contribution in [0.2, 0.25) is 0 Å². The Kier molecular flexibility index (Phi) is 3.51. The van der Waals surface area contributed by atoms with E-state index in [1.165, 1.54) is 12.8 Å². The van der Waals surface area contributed by atoms with Crippen LogP contribution in [0.5, 0.6) is 0 Å².